The summed E-state index contributed by atoms with van der Waals surface area (Å²) in [5.74, 6) is -0.397. The maximum Gasteiger partial charge on any atom is 0.290 e. The van der Waals surface area contributed by atoms with Crippen molar-refractivity contribution in [1.29, 1.82) is 0 Å². The number of hydrogen-bond donors (Lipinski definition) is 2. The average molecular weight is 425 g/mol. The quantitative estimate of drug-likeness (QED) is 0.616. The molecule has 30 heavy (non-hydrogen) atoms. The minimum absolute atomic E-state index is 0.238. The third-order valence-electron chi connectivity index (χ3n) is 4.96. The molecule has 0 aliphatic heterocycles. The topological polar surface area (TPSA) is 85.2 Å². The number of halogens is 1. The molecule has 0 fully saturated rings. The van der Waals surface area contributed by atoms with Crippen molar-refractivity contribution in [3.63, 3.8) is 0 Å². The van der Waals surface area contributed by atoms with E-state index in [-0.39, 0.29) is 6.61 Å². The number of amides is 2. The first-order valence-electron chi connectivity index (χ1n) is 9.67. The van der Waals surface area contributed by atoms with Gasteiger partial charge in [-0.25, -0.2) is 4.68 Å². The largest absolute Gasteiger partial charge is 0.484 e. The van der Waals surface area contributed by atoms with Crippen LogP contribution in [0.15, 0.2) is 48.5 Å². The van der Waals surface area contributed by atoms with Crippen LogP contribution in [0.1, 0.15) is 33.7 Å². The molecule has 8 heteroatoms. The normalized spacial score (nSPS) is 12.3. The second kappa shape index (κ2) is 8.59. The van der Waals surface area contributed by atoms with E-state index >= 15 is 0 Å². The summed E-state index contributed by atoms with van der Waals surface area (Å²) in [5, 5.41) is 5.13. The van der Waals surface area contributed by atoms with Crippen molar-refractivity contribution in [2.45, 2.75) is 26.2 Å². The lowest BCUT2D eigenvalue weighted by Crippen LogP contribution is -2.44. The fraction of sp³-hybridized carbons (Fsp3) is 0.227. The van der Waals surface area contributed by atoms with Gasteiger partial charge in [-0.05, 0) is 62.1 Å². The first-order valence-corrected chi connectivity index (χ1v) is 10.0. The van der Waals surface area contributed by atoms with E-state index in [1.54, 1.807) is 18.2 Å². The molecule has 4 rings (SSSR count). The molecule has 2 amide bonds. The molecule has 154 valence electrons. The number of nitrogens with zero attached hydrogens (tertiary/aromatic N) is 2. The van der Waals surface area contributed by atoms with Gasteiger partial charge in [0.15, 0.2) is 12.3 Å². The minimum Gasteiger partial charge on any atom is -0.484 e. The molecule has 3 aromatic rings. The van der Waals surface area contributed by atoms with Crippen LogP contribution in [0.25, 0.3) is 5.69 Å². The Morgan fingerprint density at radius 1 is 1.13 bits per heavy atom. The van der Waals surface area contributed by atoms with Gasteiger partial charge in [0.1, 0.15) is 5.75 Å². The van der Waals surface area contributed by atoms with Crippen LogP contribution in [-0.4, -0.2) is 28.2 Å². The van der Waals surface area contributed by atoms with Crippen LogP contribution < -0.4 is 15.6 Å². The van der Waals surface area contributed by atoms with Gasteiger partial charge in [-0.1, -0.05) is 29.8 Å². The van der Waals surface area contributed by atoms with E-state index in [0.717, 1.165) is 41.8 Å². The summed E-state index contributed by atoms with van der Waals surface area (Å²) in [6, 6.07) is 14.8. The second-order valence-electron chi connectivity index (χ2n) is 7.08. The predicted octanol–water partition coefficient (Wildman–Crippen LogP) is 3.16. The van der Waals surface area contributed by atoms with E-state index in [1.165, 1.54) is 0 Å². The number of nitrogens with one attached hydrogen (secondary N) is 2. The molecule has 0 spiro atoms. The van der Waals surface area contributed by atoms with Crippen LogP contribution in [0, 0.1) is 6.92 Å². The van der Waals surface area contributed by atoms with E-state index in [9.17, 15) is 9.59 Å². The van der Waals surface area contributed by atoms with Gasteiger partial charge in [0.25, 0.3) is 11.8 Å². The lowest BCUT2D eigenvalue weighted by Gasteiger charge is -2.09. The van der Waals surface area contributed by atoms with E-state index in [1.807, 2.05) is 41.9 Å². The highest BCUT2D eigenvalue weighted by atomic mass is 35.5. The maximum atomic E-state index is 12.7. The number of benzene rings is 2. The highest BCUT2D eigenvalue weighted by Crippen LogP contribution is 2.27. The van der Waals surface area contributed by atoms with Crippen molar-refractivity contribution in [2.75, 3.05) is 6.61 Å². The zero-order valence-corrected chi connectivity index (χ0v) is 17.2. The Morgan fingerprint density at radius 3 is 2.70 bits per heavy atom. The third-order valence-corrected chi connectivity index (χ3v) is 5.38. The zero-order valence-electron chi connectivity index (χ0n) is 16.4. The van der Waals surface area contributed by atoms with Crippen LogP contribution in [-0.2, 0) is 17.6 Å². The first-order chi connectivity index (χ1) is 14.5. The summed E-state index contributed by atoms with van der Waals surface area (Å²) in [7, 11) is 0. The number of rotatable bonds is 5. The predicted molar refractivity (Wildman–Crippen MR) is 113 cm³/mol. The van der Waals surface area contributed by atoms with E-state index in [0.29, 0.717) is 16.5 Å². The standard InChI is InChI=1S/C22H21ClN4O3/c1-14-12-16(10-11-18(14)23)30-13-20(28)24-25-22(29)21-17-8-5-9-19(17)27(26-21)15-6-3-2-4-7-15/h2-4,6-7,10-12H,5,8-9,13H2,1H3,(H,24,28)(H,25,29). The summed E-state index contributed by atoms with van der Waals surface area (Å²) < 4.78 is 7.25. The minimum atomic E-state index is -0.477. The number of aryl methyl sites for hydroxylation is 1. The SMILES string of the molecule is Cc1cc(OCC(=O)NNC(=O)c2nn(-c3ccccc3)c3c2CCC3)ccc1Cl. The van der Waals surface area contributed by atoms with Crippen molar-refractivity contribution in [2.24, 2.45) is 0 Å². The number of carbonyl (C=O) groups is 2. The summed E-state index contributed by atoms with van der Waals surface area (Å²) in [4.78, 5) is 24.7. The molecule has 1 aliphatic carbocycles. The highest BCUT2D eigenvalue weighted by Gasteiger charge is 2.27. The van der Waals surface area contributed by atoms with Gasteiger partial charge < -0.3 is 4.74 Å². The second-order valence-corrected chi connectivity index (χ2v) is 7.48. The van der Waals surface area contributed by atoms with Gasteiger partial charge in [0.2, 0.25) is 0 Å². The molecule has 7 nitrogen and oxygen atoms in total. The van der Waals surface area contributed by atoms with Crippen LogP contribution >= 0.6 is 11.6 Å². The monoisotopic (exact) mass is 424 g/mol. The molecule has 0 radical (unpaired) electrons. The maximum absolute atomic E-state index is 12.7. The molecule has 2 N–H and O–H groups in total. The Morgan fingerprint density at radius 2 is 1.93 bits per heavy atom. The average Bonchev–Trinajstić information content (AvgIpc) is 3.36. The van der Waals surface area contributed by atoms with Gasteiger partial charge >= 0.3 is 0 Å². The number of aromatic nitrogens is 2. The van der Waals surface area contributed by atoms with Gasteiger partial charge in [0, 0.05) is 16.3 Å². The Balaban J connectivity index is 1.38. The van der Waals surface area contributed by atoms with Crippen LogP contribution in [0.4, 0.5) is 0 Å². The van der Waals surface area contributed by atoms with Crippen molar-refractivity contribution in [3.8, 4) is 11.4 Å². The smallest absolute Gasteiger partial charge is 0.290 e. The highest BCUT2D eigenvalue weighted by molar-refractivity contribution is 6.31. The number of carbonyl (C=O) groups excluding carboxylic acids is 2. The van der Waals surface area contributed by atoms with Crippen molar-refractivity contribution < 1.29 is 14.3 Å². The van der Waals surface area contributed by atoms with E-state index in [4.69, 9.17) is 16.3 Å². The Labute approximate surface area is 179 Å². The zero-order chi connectivity index (χ0) is 21.1. The number of hydrogen-bond acceptors (Lipinski definition) is 4. The first kappa shape index (κ1) is 20.0. The molecule has 0 atom stereocenters. The molecule has 1 aromatic heterocycles. The van der Waals surface area contributed by atoms with Gasteiger partial charge in [-0.15, -0.1) is 0 Å². The molecule has 0 unspecified atom stereocenters. The number of hydrazine groups is 1. The third kappa shape index (κ3) is 4.16. The van der Waals surface area contributed by atoms with Crippen molar-refractivity contribution >= 4 is 23.4 Å². The summed E-state index contributed by atoms with van der Waals surface area (Å²) in [6.07, 6.45) is 2.63. The lowest BCUT2D eigenvalue weighted by molar-refractivity contribution is -0.123. The van der Waals surface area contributed by atoms with Crippen molar-refractivity contribution in [3.05, 3.63) is 76.1 Å². The van der Waals surface area contributed by atoms with Gasteiger partial charge in [-0.2, -0.15) is 5.10 Å². The number of ether oxygens (including phenoxy) is 1. The van der Waals surface area contributed by atoms with Gasteiger partial charge in [0.05, 0.1) is 5.69 Å². The van der Waals surface area contributed by atoms with Gasteiger partial charge in [-0.3, -0.25) is 20.4 Å². The van der Waals surface area contributed by atoms with E-state index < -0.39 is 11.8 Å². The Bertz CT molecular complexity index is 1100. The lowest BCUT2D eigenvalue weighted by atomic mass is 10.2. The van der Waals surface area contributed by atoms with Crippen molar-refractivity contribution in [1.82, 2.24) is 20.6 Å². The van der Waals surface area contributed by atoms with Crippen LogP contribution in [0.3, 0.4) is 0 Å². The summed E-state index contributed by atoms with van der Waals surface area (Å²) in [5.41, 5.74) is 8.88. The van der Waals surface area contributed by atoms with E-state index in [2.05, 4.69) is 16.0 Å². The molecule has 0 saturated carbocycles. The number of fused-ring (bicyclic) bond motifs is 1. The number of para-hydroxylation sites is 1. The van der Waals surface area contributed by atoms with Crippen LogP contribution in [0.2, 0.25) is 5.02 Å². The molecular formula is C22H21ClN4O3. The molecule has 0 saturated heterocycles. The molecule has 0 bridgehead atoms. The molecular weight excluding hydrogens is 404 g/mol. The molecule has 1 aliphatic rings. The fourth-order valence-corrected chi connectivity index (χ4v) is 3.60. The molecule has 2 aromatic carbocycles. The van der Waals surface area contributed by atoms with Crippen LogP contribution in [0.5, 0.6) is 5.75 Å². The summed E-state index contributed by atoms with van der Waals surface area (Å²) in [6.45, 7) is 1.61. The molecule has 1 heterocycles. The summed E-state index contributed by atoms with van der Waals surface area (Å²) >= 11 is 5.98. The fourth-order valence-electron chi connectivity index (χ4n) is 3.48. The Kier molecular flexibility index (Phi) is 5.72. The Hall–Kier alpha value is -3.32.